The van der Waals surface area contributed by atoms with Gasteiger partial charge in [-0.15, -0.1) is 0 Å². The molecule has 0 aliphatic carbocycles. The summed E-state index contributed by atoms with van der Waals surface area (Å²) in [6.45, 7) is 0. The molecule has 2 nitrogen and oxygen atoms in total. The summed E-state index contributed by atoms with van der Waals surface area (Å²) in [6, 6.07) is 31.8. The maximum atomic E-state index is 9.50. The fourth-order valence-electron chi connectivity index (χ4n) is 2.86. The first kappa shape index (κ1) is 20.3. The normalized spacial score (nSPS) is 12.1. The Morgan fingerprint density at radius 2 is 0.900 bits per heavy atom. The molecular weight excluding hydrogens is 364 g/mol. The van der Waals surface area contributed by atoms with E-state index in [-0.39, 0.29) is 0 Å². The van der Waals surface area contributed by atoms with E-state index in [1.165, 1.54) is 0 Å². The van der Waals surface area contributed by atoms with E-state index < -0.39 is 0 Å². The van der Waals surface area contributed by atoms with Crippen LogP contribution in [0, 0.1) is 22.7 Å². The van der Waals surface area contributed by atoms with Crippen molar-refractivity contribution in [3.8, 4) is 12.1 Å². The molecule has 0 N–H and O–H groups in total. The molecule has 0 amide bonds. The van der Waals surface area contributed by atoms with Gasteiger partial charge in [0.05, 0.1) is 23.3 Å². The number of hydrogen-bond donors (Lipinski definition) is 0. The smallest absolute Gasteiger partial charge is 0.0997 e. The van der Waals surface area contributed by atoms with E-state index >= 15 is 0 Å². The maximum Gasteiger partial charge on any atom is 0.0997 e. The number of rotatable bonds is 6. The molecular formula is C28H20N2. The highest BCUT2D eigenvalue weighted by molar-refractivity contribution is 5.82. The summed E-state index contributed by atoms with van der Waals surface area (Å²) < 4.78 is 0. The first-order valence-corrected chi connectivity index (χ1v) is 9.58. The van der Waals surface area contributed by atoms with Crippen LogP contribution in [0.2, 0.25) is 0 Å². The van der Waals surface area contributed by atoms with Crippen molar-refractivity contribution in [1.82, 2.24) is 0 Å². The van der Waals surface area contributed by atoms with Gasteiger partial charge in [-0.2, -0.15) is 10.5 Å². The van der Waals surface area contributed by atoms with E-state index in [1.807, 2.05) is 109 Å². The molecule has 0 aliphatic rings. The Hall–Kier alpha value is -4.40. The summed E-state index contributed by atoms with van der Waals surface area (Å²) >= 11 is 0. The molecule has 3 rings (SSSR count). The van der Waals surface area contributed by atoms with Crippen molar-refractivity contribution in [2.45, 2.75) is 0 Å². The molecule has 0 atom stereocenters. The molecule has 0 spiro atoms. The first-order valence-electron chi connectivity index (χ1n) is 9.58. The number of benzene rings is 3. The molecule has 0 saturated carbocycles. The van der Waals surface area contributed by atoms with Crippen LogP contribution in [0.5, 0.6) is 0 Å². The number of allylic oxidation sites excluding steroid dienone is 6. The lowest BCUT2D eigenvalue weighted by atomic mass is 10.0. The first-order chi connectivity index (χ1) is 14.8. The van der Waals surface area contributed by atoms with E-state index in [4.69, 9.17) is 0 Å². The Kier molecular flexibility index (Phi) is 7.33. The molecule has 0 aromatic heterocycles. The summed E-state index contributed by atoms with van der Waals surface area (Å²) in [5.41, 5.74) is 4.93. The van der Waals surface area contributed by atoms with Crippen LogP contribution in [-0.2, 0) is 0 Å². The number of nitriles is 2. The van der Waals surface area contributed by atoms with Gasteiger partial charge in [-0.1, -0.05) is 109 Å². The molecule has 142 valence electrons. The van der Waals surface area contributed by atoms with Gasteiger partial charge in [-0.3, -0.25) is 0 Å². The van der Waals surface area contributed by atoms with Crippen LogP contribution in [0.25, 0.3) is 23.3 Å². The van der Waals surface area contributed by atoms with Gasteiger partial charge in [0.2, 0.25) is 0 Å². The number of nitrogens with zero attached hydrogens (tertiary/aromatic N) is 2. The van der Waals surface area contributed by atoms with Crippen LogP contribution in [-0.4, -0.2) is 0 Å². The molecule has 3 aromatic carbocycles. The van der Waals surface area contributed by atoms with Gasteiger partial charge in [0.15, 0.2) is 0 Å². The highest BCUT2D eigenvalue weighted by Gasteiger charge is 2.03. The molecule has 0 unspecified atom stereocenters. The molecule has 30 heavy (non-hydrogen) atoms. The van der Waals surface area contributed by atoms with E-state index in [1.54, 1.807) is 12.2 Å². The summed E-state index contributed by atoms with van der Waals surface area (Å²) in [5, 5.41) is 19.0. The Bertz CT molecular complexity index is 1070. The van der Waals surface area contributed by atoms with Gasteiger partial charge in [0.1, 0.15) is 0 Å². The van der Waals surface area contributed by atoms with Crippen molar-refractivity contribution < 1.29 is 0 Å². The molecule has 3 aromatic rings. The van der Waals surface area contributed by atoms with Crippen LogP contribution in [0.15, 0.2) is 109 Å². The van der Waals surface area contributed by atoms with Crippen molar-refractivity contribution in [3.05, 3.63) is 131 Å². The zero-order valence-electron chi connectivity index (χ0n) is 16.4. The predicted octanol–water partition coefficient (Wildman–Crippen LogP) is 6.93. The summed E-state index contributed by atoms with van der Waals surface area (Å²) in [5.74, 6) is 0. The molecule has 0 saturated heterocycles. The predicted molar refractivity (Wildman–Crippen MR) is 125 cm³/mol. The van der Waals surface area contributed by atoms with Gasteiger partial charge in [0.25, 0.3) is 0 Å². The lowest BCUT2D eigenvalue weighted by molar-refractivity contribution is 1.50. The quantitative estimate of drug-likeness (QED) is 0.342. The van der Waals surface area contributed by atoms with Crippen LogP contribution >= 0.6 is 0 Å². The zero-order valence-corrected chi connectivity index (χ0v) is 16.4. The third kappa shape index (κ3) is 5.80. The molecule has 0 aliphatic heterocycles. The summed E-state index contributed by atoms with van der Waals surface area (Å²) in [4.78, 5) is 0. The largest absolute Gasteiger partial charge is 0.192 e. The minimum Gasteiger partial charge on any atom is -0.192 e. The van der Waals surface area contributed by atoms with Gasteiger partial charge >= 0.3 is 0 Å². The molecule has 2 heteroatoms. The zero-order chi connectivity index (χ0) is 21.0. The van der Waals surface area contributed by atoms with E-state index in [0.717, 1.165) is 22.3 Å². The standard InChI is InChI=1S/C28H20N2/c29-21-27(15-7-13-23-9-3-1-4-10-23)25-17-19-26(20-18-25)28(22-30)16-8-14-24-11-5-2-6-12-24/h1-20H. The minimum atomic E-state index is 0.570. The van der Waals surface area contributed by atoms with Gasteiger partial charge < -0.3 is 0 Å². The van der Waals surface area contributed by atoms with Gasteiger partial charge in [-0.25, -0.2) is 0 Å². The second-order valence-electron chi connectivity index (χ2n) is 6.50. The molecule has 0 bridgehead atoms. The van der Waals surface area contributed by atoms with Crippen molar-refractivity contribution in [1.29, 1.82) is 10.5 Å². The Balaban J connectivity index is 1.75. The lowest BCUT2D eigenvalue weighted by Crippen LogP contribution is -1.85. The minimum absolute atomic E-state index is 0.570. The molecule has 0 radical (unpaired) electrons. The second kappa shape index (κ2) is 10.8. The Morgan fingerprint density at radius 3 is 1.23 bits per heavy atom. The maximum absolute atomic E-state index is 9.50. The SMILES string of the molecule is N#CC(=CC=Cc1ccccc1)c1ccc(C(C#N)=CC=Cc2ccccc2)cc1. The third-order valence-corrected chi connectivity index (χ3v) is 4.45. The van der Waals surface area contributed by atoms with Crippen molar-refractivity contribution in [2.24, 2.45) is 0 Å². The highest BCUT2D eigenvalue weighted by atomic mass is 14.3. The van der Waals surface area contributed by atoms with Crippen molar-refractivity contribution >= 4 is 23.3 Å². The average molecular weight is 384 g/mol. The van der Waals surface area contributed by atoms with Crippen molar-refractivity contribution in [3.63, 3.8) is 0 Å². The van der Waals surface area contributed by atoms with Crippen LogP contribution < -0.4 is 0 Å². The topological polar surface area (TPSA) is 47.6 Å². The molecule has 0 heterocycles. The van der Waals surface area contributed by atoms with Crippen LogP contribution in [0.3, 0.4) is 0 Å². The van der Waals surface area contributed by atoms with Crippen LogP contribution in [0.1, 0.15) is 22.3 Å². The lowest BCUT2D eigenvalue weighted by Gasteiger charge is -2.02. The summed E-state index contributed by atoms with van der Waals surface area (Å²) in [7, 11) is 0. The second-order valence-corrected chi connectivity index (χ2v) is 6.50. The van der Waals surface area contributed by atoms with E-state index in [0.29, 0.717) is 11.1 Å². The summed E-state index contributed by atoms with van der Waals surface area (Å²) in [6.07, 6.45) is 11.3. The third-order valence-electron chi connectivity index (χ3n) is 4.45. The fraction of sp³-hybridized carbons (Fsp3) is 0. The monoisotopic (exact) mass is 384 g/mol. The highest BCUT2D eigenvalue weighted by Crippen LogP contribution is 2.20. The Labute approximate surface area is 177 Å². The molecule has 0 fully saturated rings. The fourth-order valence-corrected chi connectivity index (χ4v) is 2.86. The van der Waals surface area contributed by atoms with Gasteiger partial charge in [0, 0.05) is 0 Å². The van der Waals surface area contributed by atoms with Crippen molar-refractivity contribution in [2.75, 3.05) is 0 Å². The van der Waals surface area contributed by atoms with Crippen LogP contribution in [0.4, 0.5) is 0 Å². The average Bonchev–Trinajstić information content (AvgIpc) is 2.81. The van der Waals surface area contributed by atoms with Gasteiger partial charge in [-0.05, 0) is 34.4 Å². The van der Waals surface area contributed by atoms with E-state index in [9.17, 15) is 10.5 Å². The Morgan fingerprint density at radius 1 is 0.533 bits per heavy atom. The number of hydrogen-bond acceptors (Lipinski definition) is 2. The van der Waals surface area contributed by atoms with E-state index in [2.05, 4.69) is 12.1 Å².